The standard InChI is InChI=1S/C8H13ClN2S/c1-3-11(5-4-9)8-10-7(2)6-12-8/h6H,3-5H2,1-2H3. The van der Waals surface area contributed by atoms with Crippen molar-refractivity contribution in [1.82, 2.24) is 4.98 Å². The van der Waals surface area contributed by atoms with Crippen molar-refractivity contribution in [2.24, 2.45) is 0 Å². The topological polar surface area (TPSA) is 16.1 Å². The minimum Gasteiger partial charge on any atom is -0.347 e. The van der Waals surface area contributed by atoms with Crippen molar-refractivity contribution in [3.05, 3.63) is 11.1 Å². The Kier molecular flexibility index (Phi) is 3.82. The predicted molar refractivity (Wildman–Crippen MR) is 55.5 cm³/mol. The van der Waals surface area contributed by atoms with Crippen molar-refractivity contribution in [2.45, 2.75) is 13.8 Å². The summed E-state index contributed by atoms with van der Waals surface area (Å²) in [5, 5.41) is 3.14. The number of hydrogen-bond acceptors (Lipinski definition) is 3. The van der Waals surface area contributed by atoms with Gasteiger partial charge >= 0.3 is 0 Å². The van der Waals surface area contributed by atoms with E-state index in [2.05, 4.69) is 22.2 Å². The lowest BCUT2D eigenvalue weighted by Crippen LogP contribution is -2.24. The lowest BCUT2D eigenvalue weighted by Gasteiger charge is -2.17. The number of alkyl halides is 1. The van der Waals surface area contributed by atoms with Crippen molar-refractivity contribution in [3.8, 4) is 0 Å². The van der Waals surface area contributed by atoms with Crippen LogP contribution in [0.25, 0.3) is 0 Å². The monoisotopic (exact) mass is 204 g/mol. The summed E-state index contributed by atoms with van der Waals surface area (Å²) in [6.45, 7) is 5.97. The fraction of sp³-hybridized carbons (Fsp3) is 0.625. The molecule has 0 spiro atoms. The summed E-state index contributed by atoms with van der Waals surface area (Å²) in [6.07, 6.45) is 0. The highest BCUT2D eigenvalue weighted by atomic mass is 35.5. The molecule has 0 saturated carbocycles. The molecule has 1 aromatic heterocycles. The van der Waals surface area contributed by atoms with E-state index in [9.17, 15) is 0 Å². The quantitative estimate of drug-likeness (QED) is 0.701. The van der Waals surface area contributed by atoms with Crippen molar-refractivity contribution < 1.29 is 0 Å². The third-order valence-corrected chi connectivity index (χ3v) is 2.80. The maximum absolute atomic E-state index is 5.67. The normalized spacial score (nSPS) is 10.2. The molecule has 1 rings (SSSR count). The van der Waals surface area contributed by atoms with Crippen LogP contribution in [0.5, 0.6) is 0 Å². The zero-order chi connectivity index (χ0) is 8.97. The number of nitrogens with zero attached hydrogens (tertiary/aromatic N) is 2. The van der Waals surface area contributed by atoms with Gasteiger partial charge < -0.3 is 4.90 Å². The van der Waals surface area contributed by atoms with Crippen molar-refractivity contribution in [3.63, 3.8) is 0 Å². The van der Waals surface area contributed by atoms with Crippen LogP contribution in [-0.4, -0.2) is 24.0 Å². The second-order valence-electron chi connectivity index (χ2n) is 2.54. The summed E-state index contributed by atoms with van der Waals surface area (Å²) in [5.41, 5.74) is 1.09. The lowest BCUT2D eigenvalue weighted by molar-refractivity contribution is 0.861. The number of thiazole rings is 1. The number of halogens is 1. The van der Waals surface area contributed by atoms with E-state index in [4.69, 9.17) is 11.6 Å². The van der Waals surface area contributed by atoms with Gasteiger partial charge in [0.05, 0.1) is 5.69 Å². The molecule has 1 aromatic rings. The zero-order valence-corrected chi connectivity index (χ0v) is 8.95. The average molecular weight is 205 g/mol. The molecule has 0 aliphatic carbocycles. The van der Waals surface area contributed by atoms with Crippen LogP contribution in [0.3, 0.4) is 0 Å². The van der Waals surface area contributed by atoms with Crippen LogP contribution < -0.4 is 4.90 Å². The van der Waals surface area contributed by atoms with Gasteiger partial charge in [-0.05, 0) is 13.8 Å². The van der Waals surface area contributed by atoms with Crippen LogP contribution in [0.2, 0.25) is 0 Å². The SMILES string of the molecule is CCN(CCCl)c1nc(C)cs1. The molecule has 0 N–H and O–H groups in total. The largest absolute Gasteiger partial charge is 0.347 e. The van der Waals surface area contributed by atoms with Gasteiger partial charge in [0, 0.05) is 24.3 Å². The van der Waals surface area contributed by atoms with Crippen LogP contribution in [-0.2, 0) is 0 Å². The highest BCUT2D eigenvalue weighted by Gasteiger charge is 2.06. The molecule has 2 nitrogen and oxygen atoms in total. The van der Waals surface area contributed by atoms with Gasteiger partial charge in [0.1, 0.15) is 0 Å². The molecule has 0 aromatic carbocycles. The molecular weight excluding hydrogens is 192 g/mol. The number of hydrogen-bond donors (Lipinski definition) is 0. The Morgan fingerprint density at radius 3 is 2.83 bits per heavy atom. The van der Waals surface area contributed by atoms with Gasteiger partial charge in [-0.15, -0.1) is 22.9 Å². The van der Waals surface area contributed by atoms with Gasteiger partial charge in [0.15, 0.2) is 5.13 Å². The molecular formula is C8H13ClN2S. The van der Waals surface area contributed by atoms with E-state index in [1.807, 2.05) is 6.92 Å². The molecule has 0 atom stereocenters. The van der Waals surface area contributed by atoms with Crippen LogP contribution in [0.15, 0.2) is 5.38 Å². The molecule has 0 amide bonds. The third kappa shape index (κ3) is 2.35. The molecule has 0 saturated heterocycles. The zero-order valence-electron chi connectivity index (χ0n) is 7.38. The van der Waals surface area contributed by atoms with E-state index in [-0.39, 0.29) is 0 Å². The van der Waals surface area contributed by atoms with E-state index in [0.29, 0.717) is 5.88 Å². The molecule has 0 aliphatic heterocycles. The molecule has 0 fully saturated rings. The van der Waals surface area contributed by atoms with E-state index < -0.39 is 0 Å². The maximum Gasteiger partial charge on any atom is 0.185 e. The first-order valence-electron chi connectivity index (χ1n) is 4.01. The first kappa shape index (κ1) is 9.81. The number of aryl methyl sites for hydroxylation is 1. The van der Waals surface area contributed by atoms with Crippen LogP contribution >= 0.6 is 22.9 Å². The van der Waals surface area contributed by atoms with Crippen LogP contribution in [0.1, 0.15) is 12.6 Å². The Morgan fingerprint density at radius 1 is 1.67 bits per heavy atom. The molecule has 0 bridgehead atoms. The Labute approximate surface area is 82.2 Å². The summed E-state index contributed by atoms with van der Waals surface area (Å²) >= 11 is 7.35. The molecule has 4 heteroatoms. The van der Waals surface area contributed by atoms with Crippen LogP contribution in [0.4, 0.5) is 5.13 Å². The maximum atomic E-state index is 5.67. The molecule has 0 aliphatic rings. The van der Waals surface area contributed by atoms with Gasteiger partial charge in [-0.25, -0.2) is 4.98 Å². The van der Waals surface area contributed by atoms with E-state index in [1.54, 1.807) is 11.3 Å². The summed E-state index contributed by atoms with van der Waals surface area (Å²) < 4.78 is 0. The second-order valence-corrected chi connectivity index (χ2v) is 3.75. The lowest BCUT2D eigenvalue weighted by atomic mass is 10.5. The summed E-state index contributed by atoms with van der Waals surface area (Å²) in [7, 11) is 0. The van der Waals surface area contributed by atoms with Gasteiger partial charge in [0.25, 0.3) is 0 Å². The van der Waals surface area contributed by atoms with Gasteiger partial charge in [0.2, 0.25) is 0 Å². The van der Waals surface area contributed by atoms with Gasteiger partial charge in [-0.2, -0.15) is 0 Å². The Balaban J connectivity index is 2.66. The van der Waals surface area contributed by atoms with Gasteiger partial charge in [-0.1, -0.05) is 0 Å². The number of aromatic nitrogens is 1. The van der Waals surface area contributed by atoms with E-state index in [1.165, 1.54) is 0 Å². The Morgan fingerprint density at radius 2 is 2.42 bits per heavy atom. The number of anilines is 1. The minimum atomic E-state index is 0.659. The first-order valence-corrected chi connectivity index (χ1v) is 5.42. The van der Waals surface area contributed by atoms with Crippen molar-refractivity contribution >= 4 is 28.1 Å². The van der Waals surface area contributed by atoms with Crippen molar-refractivity contribution in [2.75, 3.05) is 23.9 Å². The summed E-state index contributed by atoms with van der Waals surface area (Å²) in [5.74, 6) is 0.659. The fourth-order valence-electron chi connectivity index (χ4n) is 0.978. The molecule has 68 valence electrons. The predicted octanol–water partition coefficient (Wildman–Crippen LogP) is 2.52. The first-order chi connectivity index (χ1) is 5.77. The van der Waals surface area contributed by atoms with Crippen molar-refractivity contribution in [1.29, 1.82) is 0 Å². The summed E-state index contributed by atoms with van der Waals surface area (Å²) in [4.78, 5) is 6.57. The average Bonchev–Trinajstić information content (AvgIpc) is 2.47. The van der Waals surface area contributed by atoms with E-state index >= 15 is 0 Å². The molecule has 1 heterocycles. The Hall–Kier alpha value is -0.280. The minimum absolute atomic E-state index is 0.659. The molecule has 12 heavy (non-hydrogen) atoms. The second kappa shape index (κ2) is 4.67. The Bertz CT molecular complexity index is 237. The van der Waals surface area contributed by atoms with E-state index in [0.717, 1.165) is 23.9 Å². The summed E-state index contributed by atoms with van der Waals surface area (Å²) in [6, 6.07) is 0. The smallest absolute Gasteiger partial charge is 0.185 e. The number of rotatable bonds is 4. The van der Waals surface area contributed by atoms with Gasteiger partial charge in [-0.3, -0.25) is 0 Å². The highest BCUT2D eigenvalue weighted by Crippen LogP contribution is 2.19. The third-order valence-electron chi connectivity index (χ3n) is 1.61. The molecule has 0 radical (unpaired) electrons. The molecule has 0 unspecified atom stereocenters. The fourth-order valence-corrected chi connectivity index (χ4v) is 2.08. The van der Waals surface area contributed by atoms with Crippen LogP contribution in [0, 0.1) is 6.92 Å². The highest BCUT2D eigenvalue weighted by molar-refractivity contribution is 7.13.